The maximum Gasteiger partial charge on any atom is 0.271 e. The van der Waals surface area contributed by atoms with Crippen LogP contribution in [0, 0.1) is 0 Å². The van der Waals surface area contributed by atoms with Crippen LogP contribution in [-0.4, -0.2) is 22.9 Å². The zero-order chi connectivity index (χ0) is 19.4. The van der Waals surface area contributed by atoms with E-state index in [1.807, 2.05) is 0 Å². The van der Waals surface area contributed by atoms with Gasteiger partial charge in [-0.25, -0.2) is 22.9 Å². The molecule has 3 rings (SSSR count). The predicted octanol–water partition coefficient (Wildman–Crippen LogP) is 1.30. The van der Waals surface area contributed by atoms with E-state index < -0.39 is 20.5 Å². The Morgan fingerprint density at radius 2 is 1.81 bits per heavy atom. The zero-order valence-corrected chi connectivity index (χ0v) is 15.5. The predicted molar refractivity (Wildman–Crippen MR) is 99.6 cm³/mol. The van der Waals surface area contributed by atoms with E-state index >= 15 is 0 Å². The lowest BCUT2D eigenvalue weighted by Gasteiger charge is -2.03. The number of anilines is 1. The van der Waals surface area contributed by atoms with Gasteiger partial charge < -0.3 is 10.8 Å². The summed E-state index contributed by atoms with van der Waals surface area (Å²) < 4.78 is 25.3. The highest BCUT2D eigenvalue weighted by Gasteiger charge is 2.29. The second-order valence-corrected chi connectivity index (χ2v) is 7.76. The van der Waals surface area contributed by atoms with Gasteiger partial charge in [-0.05, 0) is 24.6 Å². The van der Waals surface area contributed by atoms with Crippen LogP contribution in [0.3, 0.4) is 0 Å². The van der Waals surface area contributed by atoms with Crippen LogP contribution in [-0.2, 0) is 10.0 Å². The Morgan fingerprint density at radius 1 is 1.23 bits per heavy atom. The number of halogens is 2. The number of nitrogens with zero attached hydrogens (tertiary/aromatic N) is 2. The van der Waals surface area contributed by atoms with Crippen molar-refractivity contribution in [1.82, 2.24) is 9.38 Å². The number of nitrogens with two attached hydrogens (primary N) is 2. The highest BCUT2D eigenvalue weighted by atomic mass is 35.5. The molecule has 0 radical (unpaired) electrons. The fraction of sp³-hybridized carbons (Fsp3) is 0.0667. The fourth-order valence-corrected chi connectivity index (χ4v) is 4.10. The molecule has 0 atom stereocenters. The first-order chi connectivity index (χ1) is 12.0. The third kappa shape index (κ3) is 2.78. The lowest BCUT2D eigenvalue weighted by Crippen LogP contribution is -2.36. The largest absolute Gasteiger partial charge is 0.512 e. The van der Waals surface area contributed by atoms with Crippen molar-refractivity contribution in [2.75, 3.05) is 5.73 Å². The van der Waals surface area contributed by atoms with Gasteiger partial charge in [0, 0.05) is 10.6 Å². The molecule has 0 aliphatic heterocycles. The lowest BCUT2D eigenvalue weighted by atomic mass is 10.1. The molecule has 0 aliphatic carbocycles. The summed E-state index contributed by atoms with van der Waals surface area (Å²) in [5.41, 5.74) is 4.92. The van der Waals surface area contributed by atoms with Crippen molar-refractivity contribution in [2.45, 2.75) is 11.8 Å². The van der Waals surface area contributed by atoms with Gasteiger partial charge in [-0.2, -0.15) is 0 Å². The molecule has 1 aromatic carbocycles. The number of aliphatic hydroxyl groups is 1. The average molecular weight is 415 g/mol. The number of fused-ring (bicyclic) bond motifs is 1. The molecule has 0 fully saturated rings. The highest BCUT2D eigenvalue weighted by Crippen LogP contribution is 2.37. The summed E-state index contributed by atoms with van der Waals surface area (Å²) in [6, 6.07) is 6.10. The number of nitrogen functional groups attached to an aromatic ring is 1. The molecule has 26 heavy (non-hydrogen) atoms. The number of hydrogen-bond donors (Lipinski definition) is 3. The summed E-state index contributed by atoms with van der Waals surface area (Å²) in [6.45, 7) is 1.25. The molecule has 0 saturated carbocycles. The molecule has 0 bridgehead atoms. The van der Waals surface area contributed by atoms with Gasteiger partial charge in [0.05, 0.1) is 0 Å². The molecule has 0 aliphatic rings. The van der Waals surface area contributed by atoms with Crippen LogP contribution < -0.4 is 21.7 Å². The van der Waals surface area contributed by atoms with E-state index in [-0.39, 0.29) is 33.2 Å². The molecule has 3 aromatic rings. The van der Waals surface area contributed by atoms with E-state index in [4.69, 9.17) is 34.1 Å². The molecule has 5 N–H and O–H groups in total. The van der Waals surface area contributed by atoms with Crippen molar-refractivity contribution in [2.24, 2.45) is 5.14 Å². The van der Waals surface area contributed by atoms with E-state index in [0.717, 1.165) is 4.40 Å². The smallest absolute Gasteiger partial charge is 0.271 e. The van der Waals surface area contributed by atoms with E-state index in [2.05, 4.69) is 4.98 Å². The Morgan fingerprint density at radius 3 is 2.31 bits per heavy atom. The topological polar surface area (TPSA) is 141 Å². The summed E-state index contributed by atoms with van der Waals surface area (Å²) in [5.74, 6) is -0.721. The van der Waals surface area contributed by atoms with Crippen LogP contribution in [0.15, 0.2) is 34.0 Å². The summed E-state index contributed by atoms with van der Waals surface area (Å²) >= 11 is 12.2. The van der Waals surface area contributed by atoms with Gasteiger partial charge in [-0.15, -0.1) is 0 Å². The normalized spacial score (nSPS) is 13.2. The Kier molecular flexibility index (Phi) is 4.35. The first kappa shape index (κ1) is 18.5. The van der Waals surface area contributed by atoms with Gasteiger partial charge in [0.2, 0.25) is 10.0 Å². The zero-order valence-electron chi connectivity index (χ0n) is 13.2. The number of primary sulfonamides is 1. The second kappa shape index (κ2) is 6.13. The minimum Gasteiger partial charge on any atom is -0.512 e. The van der Waals surface area contributed by atoms with Crippen LogP contribution in [0.2, 0.25) is 10.2 Å². The lowest BCUT2D eigenvalue weighted by molar-refractivity contribution is 0.498. The van der Waals surface area contributed by atoms with Crippen molar-refractivity contribution in [3.63, 3.8) is 0 Å². The number of sulfonamides is 1. The maximum atomic E-state index is 12.7. The van der Waals surface area contributed by atoms with Gasteiger partial charge in [0.15, 0.2) is 5.65 Å². The van der Waals surface area contributed by atoms with E-state index in [1.54, 1.807) is 0 Å². The van der Waals surface area contributed by atoms with Crippen molar-refractivity contribution in [1.29, 1.82) is 0 Å². The summed E-state index contributed by atoms with van der Waals surface area (Å²) in [5, 5.41) is 15.0. The SMILES string of the molecule is C/C(O)=c1\c(N)nc2c(S(N)(=O)=O)c(-c3ccc(Cl)cc3)c(Cl)n2c1=O. The molecule has 0 unspecified atom stereocenters. The molecule has 0 saturated heterocycles. The molecule has 0 spiro atoms. The minimum atomic E-state index is -4.33. The Labute approximate surface area is 157 Å². The summed E-state index contributed by atoms with van der Waals surface area (Å²) in [6.07, 6.45) is 0. The number of hydrogen-bond acceptors (Lipinski definition) is 6. The number of aliphatic hydroxyl groups excluding tert-OH is 1. The third-order valence-corrected chi connectivity index (χ3v) is 5.29. The second-order valence-electron chi connectivity index (χ2n) is 5.47. The molecule has 11 heteroatoms. The first-order valence-electron chi connectivity index (χ1n) is 7.06. The van der Waals surface area contributed by atoms with Crippen molar-refractivity contribution in [3.8, 4) is 11.1 Å². The van der Waals surface area contributed by atoms with Gasteiger partial charge in [0.25, 0.3) is 5.56 Å². The van der Waals surface area contributed by atoms with Crippen LogP contribution in [0.5, 0.6) is 0 Å². The average Bonchev–Trinajstić information content (AvgIpc) is 2.80. The van der Waals surface area contributed by atoms with Crippen LogP contribution in [0.1, 0.15) is 6.92 Å². The molecule has 136 valence electrons. The maximum absolute atomic E-state index is 12.7. The van der Waals surface area contributed by atoms with Crippen molar-refractivity contribution in [3.05, 3.63) is 50.0 Å². The Balaban J connectivity index is 2.64. The Hall–Kier alpha value is -2.33. The quantitative estimate of drug-likeness (QED) is 0.576. The molecular weight excluding hydrogens is 403 g/mol. The molecule has 8 nitrogen and oxygen atoms in total. The standard InChI is InChI=1S/C15H12Cl2N4O4S/c1-6(22)9-13(18)20-14-11(26(19,24)25)10(12(17)21(14)15(9)23)7-2-4-8(16)5-3-7/h2-5,22H,1H3,(H2,18,20)(H2,19,24,25)/b9-6-. The molecule has 2 heterocycles. The van der Waals surface area contributed by atoms with Crippen LogP contribution >= 0.6 is 23.2 Å². The van der Waals surface area contributed by atoms with E-state index in [9.17, 15) is 18.3 Å². The number of rotatable bonds is 2. The van der Waals surface area contributed by atoms with E-state index in [1.165, 1.54) is 31.2 Å². The third-order valence-electron chi connectivity index (χ3n) is 3.72. The fourth-order valence-electron chi connectivity index (χ4n) is 2.67. The van der Waals surface area contributed by atoms with Crippen LogP contribution in [0.25, 0.3) is 22.5 Å². The van der Waals surface area contributed by atoms with Gasteiger partial charge >= 0.3 is 0 Å². The minimum absolute atomic E-state index is 0.0115. The number of aromatic nitrogens is 2. The van der Waals surface area contributed by atoms with Crippen molar-refractivity contribution >= 4 is 50.4 Å². The number of benzene rings is 1. The molecular formula is C15H12Cl2N4O4S. The highest BCUT2D eigenvalue weighted by molar-refractivity contribution is 7.89. The van der Waals surface area contributed by atoms with Crippen molar-refractivity contribution < 1.29 is 13.5 Å². The molecule has 2 aromatic heterocycles. The summed E-state index contributed by atoms with van der Waals surface area (Å²) in [7, 11) is -4.33. The van der Waals surface area contributed by atoms with Gasteiger partial charge in [-0.3, -0.25) is 4.79 Å². The summed E-state index contributed by atoms with van der Waals surface area (Å²) in [4.78, 5) is 16.2. The van der Waals surface area contributed by atoms with E-state index in [0.29, 0.717) is 10.6 Å². The Bertz CT molecular complexity index is 1260. The van der Waals surface area contributed by atoms with Gasteiger partial charge in [-0.1, -0.05) is 35.3 Å². The monoisotopic (exact) mass is 414 g/mol. The van der Waals surface area contributed by atoms with Crippen LogP contribution in [0.4, 0.5) is 5.82 Å². The first-order valence-corrected chi connectivity index (χ1v) is 9.36. The molecule has 0 amide bonds. The van der Waals surface area contributed by atoms with Gasteiger partial charge in [0.1, 0.15) is 26.8 Å².